The zero-order valence-electron chi connectivity index (χ0n) is 22.3. The molecule has 1 unspecified atom stereocenters. The van der Waals surface area contributed by atoms with E-state index in [2.05, 4.69) is 18.1 Å². The molecule has 1 saturated heterocycles. The molecule has 10 heteroatoms. The van der Waals surface area contributed by atoms with Gasteiger partial charge in [0.2, 0.25) is 0 Å². The maximum absolute atomic E-state index is 13.5. The average molecular weight is 561 g/mol. The molecule has 3 aromatic rings. The van der Waals surface area contributed by atoms with E-state index in [-0.39, 0.29) is 21.3 Å². The SMILES string of the molecule is C=CCOc1ccc(C2/C(=C(\O)c3ccc(OCC=C)c(C)c3)C(=O)C(=O)N2c2nc(C)c(C(=O)OC)s2)cc1. The Morgan fingerprint density at radius 3 is 2.38 bits per heavy atom. The largest absolute Gasteiger partial charge is 0.507 e. The normalized spacial score (nSPS) is 16.1. The number of amides is 1. The number of benzene rings is 2. The molecular weight excluding hydrogens is 532 g/mol. The highest BCUT2D eigenvalue weighted by atomic mass is 32.1. The van der Waals surface area contributed by atoms with Crippen LogP contribution in [0, 0.1) is 13.8 Å². The summed E-state index contributed by atoms with van der Waals surface area (Å²) >= 11 is 0.932. The fraction of sp³-hybridized carbons (Fsp3) is 0.200. The topological polar surface area (TPSA) is 115 Å². The summed E-state index contributed by atoms with van der Waals surface area (Å²) in [6.45, 7) is 11.3. The number of ether oxygens (including phenoxy) is 3. The summed E-state index contributed by atoms with van der Waals surface area (Å²) in [5, 5.41) is 11.6. The van der Waals surface area contributed by atoms with Crippen molar-refractivity contribution in [1.29, 1.82) is 0 Å². The van der Waals surface area contributed by atoms with Gasteiger partial charge in [-0.25, -0.2) is 9.78 Å². The molecule has 0 bridgehead atoms. The number of anilines is 1. The number of esters is 1. The molecular formula is C30H28N2O7S. The van der Waals surface area contributed by atoms with E-state index in [9.17, 15) is 19.5 Å². The number of hydrogen-bond donors (Lipinski definition) is 1. The van der Waals surface area contributed by atoms with Crippen molar-refractivity contribution >= 4 is 39.9 Å². The maximum atomic E-state index is 13.5. The summed E-state index contributed by atoms with van der Waals surface area (Å²) in [4.78, 5) is 45.0. The highest BCUT2D eigenvalue weighted by molar-refractivity contribution is 7.17. The number of hydrogen-bond acceptors (Lipinski definition) is 9. The monoisotopic (exact) mass is 560 g/mol. The van der Waals surface area contributed by atoms with E-state index in [1.807, 2.05) is 0 Å². The van der Waals surface area contributed by atoms with Crippen LogP contribution in [0.4, 0.5) is 5.13 Å². The molecule has 1 aliphatic rings. The molecule has 40 heavy (non-hydrogen) atoms. The van der Waals surface area contributed by atoms with Crippen molar-refractivity contribution < 1.29 is 33.7 Å². The number of aryl methyl sites for hydroxylation is 2. The first-order valence-corrected chi connectivity index (χ1v) is 13.1. The molecule has 4 rings (SSSR count). The molecule has 1 atom stereocenters. The zero-order chi connectivity index (χ0) is 29.0. The third kappa shape index (κ3) is 5.39. The van der Waals surface area contributed by atoms with Gasteiger partial charge in [0.25, 0.3) is 5.78 Å². The van der Waals surface area contributed by atoms with Gasteiger partial charge in [-0.05, 0) is 55.3 Å². The molecule has 1 fully saturated rings. The first-order valence-electron chi connectivity index (χ1n) is 12.3. The molecule has 206 valence electrons. The lowest BCUT2D eigenvalue weighted by molar-refractivity contribution is -0.132. The molecule has 1 aliphatic heterocycles. The molecule has 2 heterocycles. The predicted octanol–water partition coefficient (Wildman–Crippen LogP) is 5.30. The minimum absolute atomic E-state index is 0.114. The van der Waals surface area contributed by atoms with Crippen LogP contribution in [0.15, 0.2) is 73.3 Å². The number of Topliss-reactive ketones (excluding diaryl/α,β-unsaturated/α-hetero) is 1. The van der Waals surface area contributed by atoms with Gasteiger partial charge in [-0.1, -0.05) is 48.8 Å². The van der Waals surface area contributed by atoms with E-state index < -0.39 is 23.7 Å². The van der Waals surface area contributed by atoms with Gasteiger partial charge in [0.05, 0.1) is 24.4 Å². The van der Waals surface area contributed by atoms with Gasteiger partial charge in [0.1, 0.15) is 35.3 Å². The Kier molecular flexibility index (Phi) is 8.49. The van der Waals surface area contributed by atoms with E-state index in [1.165, 1.54) is 12.0 Å². The minimum atomic E-state index is -1.03. The number of carbonyl (C=O) groups excluding carboxylic acids is 3. The third-order valence-electron chi connectivity index (χ3n) is 6.18. The quantitative estimate of drug-likeness (QED) is 0.117. The van der Waals surface area contributed by atoms with Crippen LogP contribution in [0.25, 0.3) is 5.76 Å². The van der Waals surface area contributed by atoms with Gasteiger partial charge in [0.15, 0.2) is 5.13 Å². The number of rotatable bonds is 10. The van der Waals surface area contributed by atoms with Crippen LogP contribution < -0.4 is 14.4 Å². The second kappa shape index (κ2) is 12.0. The number of carbonyl (C=O) groups is 3. The summed E-state index contributed by atoms with van der Waals surface area (Å²) in [7, 11) is 1.25. The molecule has 0 spiro atoms. The number of thiazole rings is 1. The van der Waals surface area contributed by atoms with Gasteiger partial charge in [-0.3, -0.25) is 14.5 Å². The molecule has 1 N–H and O–H groups in total. The molecule has 0 aliphatic carbocycles. The summed E-state index contributed by atoms with van der Waals surface area (Å²) in [6, 6.07) is 10.7. The Hall–Kier alpha value is -4.70. The van der Waals surface area contributed by atoms with Crippen LogP contribution in [0.3, 0.4) is 0 Å². The highest BCUT2D eigenvalue weighted by Gasteiger charge is 2.48. The Morgan fingerprint density at radius 1 is 1.07 bits per heavy atom. The first kappa shape index (κ1) is 28.3. The minimum Gasteiger partial charge on any atom is -0.507 e. The van der Waals surface area contributed by atoms with E-state index in [0.29, 0.717) is 41.5 Å². The van der Waals surface area contributed by atoms with Crippen LogP contribution in [0.2, 0.25) is 0 Å². The van der Waals surface area contributed by atoms with Crippen molar-refractivity contribution in [3.8, 4) is 11.5 Å². The van der Waals surface area contributed by atoms with Crippen molar-refractivity contribution in [2.75, 3.05) is 25.2 Å². The van der Waals surface area contributed by atoms with Gasteiger partial charge >= 0.3 is 11.9 Å². The molecule has 1 amide bonds. The molecule has 2 aromatic carbocycles. The fourth-order valence-electron chi connectivity index (χ4n) is 4.28. The summed E-state index contributed by atoms with van der Waals surface area (Å²) in [6.07, 6.45) is 3.23. The number of aliphatic hydroxyl groups is 1. The van der Waals surface area contributed by atoms with Crippen LogP contribution in [0.1, 0.15) is 38.1 Å². The average Bonchev–Trinajstić information content (AvgIpc) is 3.46. The Balaban J connectivity index is 1.87. The number of methoxy groups -OCH3 is 1. The lowest BCUT2D eigenvalue weighted by atomic mass is 9.95. The van der Waals surface area contributed by atoms with Gasteiger partial charge in [-0.2, -0.15) is 0 Å². The second-order valence-electron chi connectivity index (χ2n) is 8.82. The second-order valence-corrected chi connectivity index (χ2v) is 9.80. The van der Waals surface area contributed by atoms with Crippen LogP contribution in [-0.4, -0.2) is 48.1 Å². The first-order chi connectivity index (χ1) is 19.2. The van der Waals surface area contributed by atoms with Crippen molar-refractivity contribution in [2.24, 2.45) is 0 Å². The Labute approximate surface area is 235 Å². The number of nitrogens with zero attached hydrogens (tertiary/aromatic N) is 2. The van der Waals surface area contributed by atoms with E-state index in [4.69, 9.17) is 14.2 Å². The van der Waals surface area contributed by atoms with Crippen LogP contribution >= 0.6 is 11.3 Å². The standard InChI is InChI=1S/C30H28N2O7S/c1-6-14-38-21-11-8-19(9-12-21)24-23(25(33)20-10-13-22(17(3)16-20)39-15-7-2)26(34)28(35)32(24)30-31-18(4)27(40-30)29(36)37-5/h6-13,16,24,33H,1-2,14-15H2,3-5H3/b25-23+. The van der Waals surface area contributed by atoms with Gasteiger partial charge in [-0.15, -0.1) is 0 Å². The molecule has 0 saturated carbocycles. The van der Waals surface area contributed by atoms with Crippen molar-refractivity contribution in [2.45, 2.75) is 19.9 Å². The van der Waals surface area contributed by atoms with Crippen molar-refractivity contribution in [3.63, 3.8) is 0 Å². The van der Waals surface area contributed by atoms with Crippen molar-refractivity contribution in [3.05, 3.63) is 101 Å². The summed E-state index contributed by atoms with van der Waals surface area (Å²) in [5.41, 5.74) is 1.83. The lowest BCUT2D eigenvalue weighted by Gasteiger charge is -2.23. The zero-order valence-corrected chi connectivity index (χ0v) is 23.1. The molecule has 0 radical (unpaired) electrons. The number of aromatic nitrogens is 1. The third-order valence-corrected chi connectivity index (χ3v) is 7.31. The number of ketones is 1. The maximum Gasteiger partial charge on any atom is 0.350 e. The van der Waals surface area contributed by atoms with Crippen LogP contribution in [0.5, 0.6) is 11.5 Å². The fourth-order valence-corrected chi connectivity index (χ4v) is 5.29. The van der Waals surface area contributed by atoms with Crippen LogP contribution in [-0.2, 0) is 14.3 Å². The highest BCUT2D eigenvalue weighted by Crippen LogP contribution is 2.44. The summed E-state index contributed by atoms with van der Waals surface area (Å²) in [5.74, 6) is -1.57. The smallest absolute Gasteiger partial charge is 0.350 e. The Bertz CT molecular complexity index is 1520. The van der Waals surface area contributed by atoms with Gasteiger partial charge in [0, 0.05) is 5.56 Å². The summed E-state index contributed by atoms with van der Waals surface area (Å²) < 4.78 is 16.0. The van der Waals surface area contributed by atoms with Gasteiger partial charge < -0.3 is 19.3 Å². The number of aliphatic hydroxyl groups excluding tert-OH is 1. The Morgan fingerprint density at radius 2 is 1.75 bits per heavy atom. The van der Waals surface area contributed by atoms with E-state index >= 15 is 0 Å². The van der Waals surface area contributed by atoms with E-state index in [1.54, 1.807) is 68.5 Å². The van der Waals surface area contributed by atoms with Crippen molar-refractivity contribution in [1.82, 2.24) is 4.98 Å². The lowest BCUT2D eigenvalue weighted by Crippen LogP contribution is -2.29. The molecule has 9 nitrogen and oxygen atoms in total. The predicted molar refractivity (Wildman–Crippen MR) is 152 cm³/mol. The molecule has 1 aromatic heterocycles. The van der Waals surface area contributed by atoms with E-state index in [0.717, 1.165) is 16.9 Å².